The van der Waals surface area contributed by atoms with Gasteiger partial charge in [0.2, 0.25) is 5.91 Å². The van der Waals surface area contributed by atoms with Crippen LogP contribution in [-0.4, -0.2) is 55.3 Å². The van der Waals surface area contributed by atoms with E-state index >= 15 is 4.39 Å². The molecule has 5 aromatic rings. The van der Waals surface area contributed by atoms with Crippen molar-refractivity contribution < 1.29 is 28.2 Å². The van der Waals surface area contributed by atoms with Gasteiger partial charge in [0.25, 0.3) is 5.91 Å². The number of carbonyl (C=O) groups is 2. The molecule has 0 saturated carbocycles. The molecule has 47 heavy (non-hydrogen) atoms. The average Bonchev–Trinajstić information content (AvgIpc) is 3.78. The van der Waals surface area contributed by atoms with Gasteiger partial charge in [-0.2, -0.15) is 5.10 Å². The van der Waals surface area contributed by atoms with E-state index < -0.39 is 17.2 Å². The molecule has 0 bridgehead atoms. The zero-order chi connectivity index (χ0) is 33.2. The number of hydrogen-bond acceptors (Lipinski definition) is 7. The fraction of sp³-hybridized carbons (Fsp3) is 0.257. The number of ether oxygens (including phenoxy) is 1. The van der Waals surface area contributed by atoms with Gasteiger partial charge in [0.05, 0.1) is 35.1 Å². The minimum absolute atomic E-state index is 0.0204. The van der Waals surface area contributed by atoms with E-state index in [1.54, 1.807) is 11.0 Å². The third-order valence-corrected chi connectivity index (χ3v) is 9.42. The van der Waals surface area contributed by atoms with Gasteiger partial charge in [-0.3, -0.25) is 14.3 Å². The van der Waals surface area contributed by atoms with Gasteiger partial charge < -0.3 is 20.1 Å². The monoisotopic (exact) mass is 655 g/mol. The summed E-state index contributed by atoms with van der Waals surface area (Å²) >= 11 is 1.36. The molecule has 0 aliphatic carbocycles. The summed E-state index contributed by atoms with van der Waals surface area (Å²) in [5.41, 5.74) is 3.23. The van der Waals surface area contributed by atoms with Crippen LogP contribution in [0.4, 0.5) is 8.78 Å². The van der Waals surface area contributed by atoms with Crippen LogP contribution in [0, 0.1) is 11.6 Å². The maximum absolute atomic E-state index is 16.1. The predicted molar refractivity (Wildman–Crippen MR) is 175 cm³/mol. The number of amides is 2. The lowest BCUT2D eigenvalue weighted by Crippen LogP contribution is -2.40. The molecule has 5 heterocycles. The highest BCUT2D eigenvalue weighted by atomic mass is 32.1. The van der Waals surface area contributed by atoms with E-state index in [9.17, 15) is 19.1 Å². The Morgan fingerprint density at radius 3 is 2.74 bits per heavy atom. The van der Waals surface area contributed by atoms with Crippen LogP contribution in [0.25, 0.3) is 43.9 Å². The lowest BCUT2D eigenvalue weighted by atomic mass is 9.95. The summed E-state index contributed by atoms with van der Waals surface area (Å²) in [4.78, 5) is 32.0. The van der Waals surface area contributed by atoms with Gasteiger partial charge in [-0.25, -0.2) is 13.8 Å². The van der Waals surface area contributed by atoms with E-state index in [1.807, 2.05) is 41.3 Å². The van der Waals surface area contributed by atoms with Crippen LogP contribution in [-0.2, 0) is 17.9 Å². The molecule has 2 aliphatic rings. The number of hydrogen-bond donors (Lipinski definition) is 2. The van der Waals surface area contributed by atoms with E-state index in [0.29, 0.717) is 63.5 Å². The lowest BCUT2D eigenvalue weighted by Gasteiger charge is -2.33. The van der Waals surface area contributed by atoms with Crippen LogP contribution in [0.3, 0.4) is 0 Å². The molecule has 12 heteroatoms. The highest BCUT2D eigenvalue weighted by molar-refractivity contribution is 7.18. The molecular weight excluding hydrogens is 624 g/mol. The van der Waals surface area contributed by atoms with Crippen molar-refractivity contribution >= 4 is 33.2 Å². The Hall–Kier alpha value is -4.94. The van der Waals surface area contributed by atoms with Gasteiger partial charge >= 0.3 is 0 Å². The predicted octanol–water partition coefficient (Wildman–Crippen LogP) is 6.25. The summed E-state index contributed by atoms with van der Waals surface area (Å²) in [5.74, 6) is -2.16. The van der Waals surface area contributed by atoms with Crippen LogP contribution in [0.15, 0.2) is 60.5 Å². The van der Waals surface area contributed by atoms with E-state index in [2.05, 4.69) is 11.9 Å². The van der Waals surface area contributed by atoms with Gasteiger partial charge in [0.1, 0.15) is 35.4 Å². The van der Waals surface area contributed by atoms with Crippen molar-refractivity contribution in [3.63, 3.8) is 0 Å². The van der Waals surface area contributed by atoms with Gasteiger partial charge in [0.15, 0.2) is 0 Å². The molecule has 0 unspecified atom stereocenters. The zero-order valence-corrected chi connectivity index (χ0v) is 26.8. The molecular formula is C35H31F2N5O4S. The number of nitrogens with one attached hydrogen (secondary N) is 1. The highest BCUT2D eigenvalue weighted by Gasteiger charge is 2.32. The van der Waals surface area contributed by atoms with Crippen molar-refractivity contribution in [3.8, 4) is 39.5 Å². The molecule has 0 fully saturated rings. The minimum atomic E-state index is -1.28. The van der Waals surface area contributed by atoms with E-state index in [-0.39, 0.29) is 35.8 Å². The van der Waals surface area contributed by atoms with E-state index in [0.717, 1.165) is 23.4 Å². The summed E-state index contributed by atoms with van der Waals surface area (Å²) in [7, 11) is 0. The second-order valence-electron chi connectivity index (χ2n) is 12.4. The summed E-state index contributed by atoms with van der Waals surface area (Å²) in [5, 5.41) is 20.7. The second-order valence-corrected chi connectivity index (χ2v) is 13.3. The number of carbonyl (C=O) groups excluding carboxylic acids is 2. The summed E-state index contributed by atoms with van der Waals surface area (Å²) in [6.07, 6.45) is 1.28. The van der Waals surface area contributed by atoms with Crippen molar-refractivity contribution in [2.75, 3.05) is 13.2 Å². The van der Waals surface area contributed by atoms with Gasteiger partial charge in [0, 0.05) is 52.0 Å². The summed E-state index contributed by atoms with van der Waals surface area (Å²) in [6.45, 7) is 9.67. The molecule has 0 saturated heterocycles. The fourth-order valence-corrected chi connectivity index (χ4v) is 7.17. The van der Waals surface area contributed by atoms with Crippen LogP contribution in [0.2, 0.25) is 0 Å². The molecule has 3 aromatic heterocycles. The third-order valence-electron chi connectivity index (χ3n) is 8.48. The SMILES string of the molecule is C=CC(=O)N1CCn2nc(-c3nc(-c4ccc5c(c4)C(=O)NC5)c4ccsc4c3-c3c(F)cc(F)cc3OCC(C)(C)O)cc2[C@H]1C. The number of halogens is 2. The molecule has 2 aromatic carbocycles. The zero-order valence-electron chi connectivity index (χ0n) is 25.9. The largest absolute Gasteiger partial charge is 0.490 e. The van der Waals surface area contributed by atoms with Crippen molar-refractivity contribution in [2.24, 2.45) is 0 Å². The summed E-state index contributed by atoms with van der Waals surface area (Å²) in [6, 6.07) is 10.9. The molecule has 240 valence electrons. The Kier molecular flexibility index (Phi) is 7.44. The first-order valence-corrected chi connectivity index (χ1v) is 16.0. The topological polar surface area (TPSA) is 110 Å². The number of pyridine rings is 1. The van der Waals surface area contributed by atoms with Crippen LogP contribution in [0.1, 0.15) is 48.4 Å². The molecule has 7 rings (SSSR count). The number of thiophene rings is 1. The Labute approximate surface area is 273 Å². The van der Waals surface area contributed by atoms with Crippen molar-refractivity contribution in [3.05, 3.63) is 89.0 Å². The molecule has 0 spiro atoms. The third kappa shape index (κ3) is 5.36. The normalized spacial score (nSPS) is 15.8. The van der Waals surface area contributed by atoms with Gasteiger partial charge in [-0.1, -0.05) is 18.7 Å². The van der Waals surface area contributed by atoms with Crippen LogP contribution in [0.5, 0.6) is 5.75 Å². The Bertz CT molecular complexity index is 2120. The standard InChI is InChI=1S/C35H31F2N5O4S/c1-5-28(43)41-9-10-42-26(18(41)2)15-25(40-42)32-30(29-24(37)13-21(36)14-27(29)46-17-35(3,4)45)33-22(8-11-47-33)31(39-32)19-6-7-20-16-38-34(44)23(20)12-19/h5-8,11-15,18,45H,1,9-10,16-17H2,2-4H3,(H,38,44)/t18-/m1/s1. The molecule has 2 aliphatic heterocycles. The van der Waals surface area contributed by atoms with E-state index in [4.69, 9.17) is 14.8 Å². The lowest BCUT2D eigenvalue weighted by molar-refractivity contribution is -0.129. The number of benzene rings is 2. The number of rotatable bonds is 7. The van der Waals surface area contributed by atoms with Crippen molar-refractivity contribution in [1.29, 1.82) is 0 Å². The fourth-order valence-electron chi connectivity index (χ4n) is 6.22. The maximum Gasteiger partial charge on any atom is 0.251 e. The number of aromatic nitrogens is 3. The first-order valence-electron chi connectivity index (χ1n) is 15.1. The maximum atomic E-state index is 16.1. The van der Waals surface area contributed by atoms with E-state index in [1.165, 1.54) is 31.3 Å². The van der Waals surface area contributed by atoms with Crippen LogP contribution < -0.4 is 10.1 Å². The Morgan fingerprint density at radius 2 is 1.98 bits per heavy atom. The molecule has 1 atom stereocenters. The quantitative estimate of drug-likeness (QED) is 0.201. The molecule has 2 N–H and O–H groups in total. The number of aliphatic hydroxyl groups is 1. The smallest absolute Gasteiger partial charge is 0.251 e. The molecule has 0 radical (unpaired) electrons. The first-order chi connectivity index (χ1) is 22.4. The van der Waals surface area contributed by atoms with Crippen molar-refractivity contribution in [1.82, 2.24) is 25.0 Å². The first kappa shape index (κ1) is 30.7. The van der Waals surface area contributed by atoms with Gasteiger partial charge in [-0.15, -0.1) is 11.3 Å². The molecule has 9 nitrogen and oxygen atoms in total. The van der Waals surface area contributed by atoms with Gasteiger partial charge in [-0.05, 0) is 56.0 Å². The minimum Gasteiger partial charge on any atom is -0.490 e. The highest BCUT2D eigenvalue weighted by Crippen LogP contribution is 2.47. The number of fused-ring (bicyclic) bond motifs is 3. The molecule has 2 amide bonds. The second kappa shape index (κ2) is 11.4. The van der Waals surface area contributed by atoms with Crippen LogP contribution >= 0.6 is 11.3 Å². The Balaban J connectivity index is 1.50. The van der Waals surface area contributed by atoms with Crippen molar-refractivity contribution in [2.45, 2.75) is 45.5 Å². The number of nitrogens with zero attached hydrogens (tertiary/aromatic N) is 4. The summed E-state index contributed by atoms with van der Waals surface area (Å²) < 4.78 is 39.1. The average molecular weight is 656 g/mol. The Morgan fingerprint density at radius 1 is 1.17 bits per heavy atom.